The fourth-order valence-corrected chi connectivity index (χ4v) is 2.73. The van der Waals surface area contributed by atoms with Crippen molar-refractivity contribution in [3.8, 4) is 5.75 Å². The van der Waals surface area contributed by atoms with Crippen molar-refractivity contribution in [3.63, 3.8) is 0 Å². The molecule has 0 bridgehead atoms. The maximum Gasteiger partial charge on any atom is 0.124 e. The molecule has 1 saturated heterocycles. The molecule has 0 radical (unpaired) electrons. The van der Waals surface area contributed by atoms with Crippen molar-refractivity contribution in [3.05, 3.63) is 41.2 Å². The number of H-pyrrole nitrogens is 1. The average molecular weight is 309 g/mol. The van der Waals surface area contributed by atoms with E-state index in [2.05, 4.69) is 20.3 Å². The summed E-state index contributed by atoms with van der Waals surface area (Å²) in [6.45, 7) is 2.64. The number of β-amino-alcohol motifs (C(OH)–C–C–N with tert-alkyl or cyclic N) is 1. The van der Waals surface area contributed by atoms with Crippen molar-refractivity contribution < 1.29 is 9.84 Å². The van der Waals surface area contributed by atoms with Crippen LogP contribution in [0, 0.1) is 0 Å². The molecule has 0 saturated carbocycles. The lowest BCUT2D eigenvalue weighted by molar-refractivity contribution is 0.0403. The molecule has 0 spiro atoms. The Hall–Kier alpha value is -1.63. The van der Waals surface area contributed by atoms with Crippen molar-refractivity contribution >= 4 is 11.6 Å². The zero-order chi connectivity index (χ0) is 14.7. The van der Waals surface area contributed by atoms with Gasteiger partial charge in [-0.25, -0.2) is 0 Å². The van der Waals surface area contributed by atoms with E-state index in [1.807, 2.05) is 18.2 Å². The zero-order valence-electron chi connectivity index (χ0n) is 11.5. The molecule has 6 nitrogen and oxygen atoms in total. The third-order valence-corrected chi connectivity index (χ3v) is 3.93. The van der Waals surface area contributed by atoms with E-state index in [0.717, 1.165) is 18.8 Å². The van der Waals surface area contributed by atoms with Crippen LogP contribution in [0.25, 0.3) is 0 Å². The van der Waals surface area contributed by atoms with Crippen molar-refractivity contribution in [1.29, 1.82) is 0 Å². The number of aromatic amines is 1. The molecule has 2 heterocycles. The Kier molecular flexibility index (Phi) is 4.10. The minimum atomic E-state index is -0.914. The largest absolute Gasteiger partial charge is 0.492 e. The molecule has 1 aliphatic rings. The van der Waals surface area contributed by atoms with Gasteiger partial charge >= 0.3 is 0 Å². The third-order valence-electron chi connectivity index (χ3n) is 3.69. The molecular formula is C14H17ClN4O2. The molecule has 112 valence electrons. The van der Waals surface area contributed by atoms with Gasteiger partial charge in [-0.05, 0) is 24.6 Å². The monoisotopic (exact) mass is 308 g/mol. The fraction of sp³-hybridized carbons (Fsp3) is 0.429. The molecule has 1 fully saturated rings. The zero-order valence-corrected chi connectivity index (χ0v) is 12.3. The lowest BCUT2D eigenvalue weighted by Crippen LogP contribution is -2.33. The Bertz CT molecular complexity index is 592. The minimum absolute atomic E-state index is 0.540. The Morgan fingerprint density at radius 1 is 1.48 bits per heavy atom. The highest BCUT2D eigenvalue weighted by Gasteiger charge is 2.39. The fourth-order valence-electron chi connectivity index (χ4n) is 2.55. The van der Waals surface area contributed by atoms with Crippen molar-refractivity contribution in [2.45, 2.75) is 12.0 Å². The average Bonchev–Trinajstić information content (AvgIpc) is 3.10. The summed E-state index contributed by atoms with van der Waals surface area (Å²) in [7, 11) is 0. The van der Waals surface area contributed by atoms with Gasteiger partial charge in [-0.15, -0.1) is 0 Å². The lowest BCUT2D eigenvalue weighted by Gasteiger charge is -2.21. The Labute approximate surface area is 127 Å². The van der Waals surface area contributed by atoms with Crippen LogP contribution >= 0.6 is 11.6 Å². The van der Waals surface area contributed by atoms with E-state index >= 15 is 0 Å². The highest BCUT2D eigenvalue weighted by atomic mass is 35.5. The number of likely N-dealkylation sites (tertiary alicyclic amines) is 1. The number of aliphatic hydroxyl groups is 1. The molecule has 1 aromatic carbocycles. The van der Waals surface area contributed by atoms with Gasteiger partial charge in [-0.2, -0.15) is 15.4 Å². The molecular weight excluding hydrogens is 292 g/mol. The Morgan fingerprint density at radius 2 is 2.38 bits per heavy atom. The van der Waals surface area contributed by atoms with E-state index in [-0.39, 0.29) is 0 Å². The van der Waals surface area contributed by atoms with Crippen LogP contribution in [0.1, 0.15) is 12.1 Å². The van der Waals surface area contributed by atoms with Crippen LogP contribution in [0.15, 0.2) is 30.5 Å². The van der Waals surface area contributed by atoms with Crippen LogP contribution in [0.3, 0.4) is 0 Å². The van der Waals surface area contributed by atoms with Gasteiger partial charge in [0, 0.05) is 24.7 Å². The molecule has 1 aliphatic heterocycles. The first-order valence-corrected chi connectivity index (χ1v) is 7.23. The predicted octanol–water partition coefficient (Wildman–Crippen LogP) is 1.43. The standard InChI is InChI=1S/C14H17ClN4O2/c15-11-2-1-3-12(8-11)21-7-6-19-5-4-14(20,10-19)13-9-16-18-17-13/h1-3,8-9,20H,4-7,10H2,(H,16,17,18)/t14-/m0/s1. The van der Waals surface area contributed by atoms with E-state index in [0.29, 0.717) is 30.3 Å². The SMILES string of the molecule is O[C@@]1(c2cn[nH]n2)CCN(CCOc2cccc(Cl)c2)C1. The van der Waals surface area contributed by atoms with Gasteiger partial charge in [0.15, 0.2) is 0 Å². The predicted molar refractivity (Wildman–Crippen MR) is 78.3 cm³/mol. The van der Waals surface area contributed by atoms with Gasteiger partial charge in [0.2, 0.25) is 0 Å². The molecule has 2 N–H and O–H groups in total. The number of nitrogens with zero attached hydrogens (tertiary/aromatic N) is 3. The summed E-state index contributed by atoms with van der Waals surface area (Å²) in [5, 5.41) is 21.5. The summed E-state index contributed by atoms with van der Waals surface area (Å²) in [5.41, 5.74) is -0.316. The molecule has 7 heteroatoms. The summed E-state index contributed by atoms with van der Waals surface area (Å²) >= 11 is 5.91. The molecule has 2 aromatic rings. The third kappa shape index (κ3) is 3.34. The molecule has 3 rings (SSSR count). The number of rotatable bonds is 5. The van der Waals surface area contributed by atoms with E-state index < -0.39 is 5.60 Å². The molecule has 1 atom stereocenters. The number of hydrogen-bond acceptors (Lipinski definition) is 5. The smallest absolute Gasteiger partial charge is 0.124 e. The van der Waals surface area contributed by atoms with Crippen LogP contribution in [-0.4, -0.2) is 51.7 Å². The summed E-state index contributed by atoms with van der Waals surface area (Å²) < 4.78 is 5.67. The van der Waals surface area contributed by atoms with E-state index in [1.165, 1.54) is 0 Å². The van der Waals surface area contributed by atoms with Crippen molar-refractivity contribution in [2.75, 3.05) is 26.2 Å². The van der Waals surface area contributed by atoms with Gasteiger partial charge in [-0.3, -0.25) is 4.90 Å². The summed E-state index contributed by atoms with van der Waals surface area (Å²) in [5.74, 6) is 0.758. The number of aromatic nitrogens is 3. The van der Waals surface area contributed by atoms with E-state index in [1.54, 1.807) is 12.3 Å². The van der Waals surface area contributed by atoms with Crippen LogP contribution in [-0.2, 0) is 5.60 Å². The van der Waals surface area contributed by atoms with Crippen LogP contribution in [0.4, 0.5) is 0 Å². The van der Waals surface area contributed by atoms with Crippen molar-refractivity contribution in [2.24, 2.45) is 0 Å². The summed E-state index contributed by atoms with van der Waals surface area (Å²) in [6, 6.07) is 7.34. The number of ether oxygens (including phenoxy) is 1. The second-order valence-corrected chi connectivity index (χ2v) is 5.66. The quantitative estimate of drug-likeness (QED) is 0.874. The molecule has 21 heavy (non-hydrogen) atoms. The number of halogens is 1. The second-order valence-electron chi connectivity index (χ2n) is 5.22. The first kappa shape index (κ1) is 14.3. The van der Waals surface area contributed by atoms with Crippen LogP contribution in [0.2, 0.25) is 5.02 Å². The maximum absolute atomic E-state index is 10.6. The highest BCUT2D eigenvalue weighted by molar-refractivity contribution is 6.30. The molecule has 0 unspecified atom stereocenters. The van der Waals surface area contributed by atoms with Gasteiger partial charge < -0.3 is 9.84 Å². The van der Waals surface area contributed by atoms with Crippen LogP contribution < -0.4 is 4.74 Å². The van der Waals surface area contributed by atoms with Gasteiger partial charge in [0.05, 0.1) is 6.20 Å². The minimum Gasteiger partial charge on any atom is -0.492 e. The molecule has 1 aromatic heterocycles. The van der Waals surface area contributed by atoms with Crippen molar-refractivity contribution in [1.82, 2.24) is 20.3 Å². The number of nitrogens with one attached hydrogen (secondary N) is 1. The topological polar surface area (TPSA) is 74.3 Å². The van der Waals surface area contributed by atoms with E-state index in [4.69, 9.17) is 16.3 Å². The Balaban J connectivity index is 1.49. The second kappa shape index (κ2) is 6.01. The van der Waals surface area contributed by atoms with Gasteiger partial charge in [-0.1, -0.05) is 17.7 Å². The van der Waals surface area contributed by atoms with Gasteiger partial charge in [0.1, 0.15) is 23.7 Å². The number of benzene rings is 1. The normalized spacial score (nSPS) is 22.6. The van der Waals surface area contributed by atoms with E-state index in [9.17, 15) is 5.11 Å². The van der Waals surface area contributed by atoms with Gasteiger partial charge in [0.25, 0.3) is 0 Å². The first-order chi connectivity index (χ1) is 10.2. The first-order valence-electron chi connectivity index (χ1n) is 6.85. The maximum atomic E-state index is 10.6. The summed E-state index contributed by atoms with van der Waals surface area (Å²) in [6.07, 6.45) is 2.22. The highest BCUT2D eigenvalue weighted by Crippen LogP contribution is 2.29. The van der Waals surface area contributed by atoms with Crippen LogP contribution in [0.5, 0.6) is 5.75 Å². The molecule has 0 aliphatic carbocycles. The Morgan fingerprint density at radius 3 is 3.14 bits per heavy atom. The summed E-state index contributed by atoms with van der Waals surface area (Å²) in [4.78, 5) is 2.15. The molecule has 0 amide bonds. The number of hydrogen-bond donors (Lipinski definition) is 2. The lowest BCUT2D eigenvalue weighted by atomic mass is 10.0.